The third-order valence-electron chi connectivity index (χ3n) is 3.05. The zero-order chi connectivity index (χ0) is 9.42. The van der Waals surface area contributed by atoms with Crippen LogP contribution in [0.3, 0.4) is 0 Å². The van der Waals surface area contributed by atoms with E-state index in [1.54, 1.807) is 0 Å². The van der Waals surface area contributed by atoms with Crippen LogP contribution in [0.5, 0.6) is 0 Å². The van der Waals surface area contributed by atoms with Gasteiger partial charge in [0.25, 0.3) is 0 Å². The van der Waals surface area contributed by atoms with Crippen molar-refractivity contribution in [1.29, 1.82) is 0 Å². The molecule has 1 fully saturated rings. The van der Waals surface area contributed by atoms with E-state index in [2.05, 4.69) is 32.1 Å². The summed E-state index contributed by atoms with van der Waals surface area (Å²) in [4.78, 5) is 0. The normalized spacial score (nSPS) is 17.8. The van der Waals surface area contributed by atoms with Gasteiger partial charge < -0.3 is 0 Å². The van der Waals surface area contributed by atoms with Crippen LogP contribution in [0.4, 0.5) is 0 Å². The molecule has 2 heteroatoms. The summed E-state index contributed by atoms with van der Waals surface area (Å²) in [6.45, 7) is 4.45. The molecule has 0 bridgehead atoms. The molecule has 1 saturated carbocycles. The van der Waals surface area contributed by atoms with Gasteiger partial charge >= 0.3 is 0 Å². The van der Waals surface area contributed by atoms with E-state index in [4.69, 9.17) is 0 Å². The van der Waals surface area contributed by atoms with E-state index in [0.717, 1.165) is 5.92 Å². The molecule has 2 rings (SSSR count). The number of hydrogen-bond donors (Lipinski definition) is 0. The van der Waals surface area contributed by atoms with Crippen molar-refractivity contribution in [2.45, 2.75) is 44.9 Å². The second-order valence-electron chi connectivity index (χ2n) is 4.40. The molecule has 0 saturated heterocycles. The standard InChI is InChI=1S/C11H18N2/c1-8(2)11-7-10(12-13(11)3)9-5-4-6-9/h7-9H,4-6H2,1-3H3. The molecule has 2 nitrogen and oxygen atoms in total. The van der Waals surface area contributed by atoms with Gasteiger partial charge in [-0.05, 0) is 24.8 Å². The topological polar surface area (TPSA) is 17.8 Å². The molecule has 0 amide bonds. The molecule has 0 spiro atoms. The van der Waals surface area contributed by atoms with Crippen LogP contribution in [0, 0.1) is 0 Å². The summed E-state index contributed by atoms with van der Waals surface area (Å²) in [5, 5.41) is 4.57. The molecule has 0 unspecified atom stereocenters. The van der Waals surface area contributed by atoms with Crippen LogP contribution in [0.15, 0.2) is 6.07 Å². The van der Waals surface area contributed by atoms with Crippen molar-refractivity contribution in [3.63, 3.8) is 0 Å². The first-order valence-electron chi connectivity index (χ1n) is 5.22. The van der Waals surface area contributed by atoms with E-state index in [1.807, 2.05) is 4.68 Å². The summed E-state index contributed by atoms with van der Waals surface area (Å²) in [6.07, 6.45) is 4.07. The van der Waals surface area contributed by atoms with Gasteiger partial charge in [-0.3, -0.25) is 4.68 Å². The maximum atomic E-state index is 4.57. The average Bonchev–Trinajstić information content (AvgIpc) is 2.27. The summed E-state index contributed by atoms with van der Waals surface area (Å²) in [5.41, 5.74) is 2.68. The van der Waals surface area contributed by atoms with Crippen molar-refractivity contribution >= 4 is 0 Å². The van der Waals surface area contributed by atoms with Gasteiger partial charge in [0.2, 0.25) is 0 Å². The lowest BCUT2D eigenvalue weighted by molar-refractivity contribution is 0.407. The lowest BCUT2D eigenvalue weighted by Gasteiger charge is -2.22. The third kappa shape index (κ3) is 1.50. The first-order valence-corrected chi connectivity index (χ1v) is 5.22. The molecule has 0 aromatic carbocycles. The van der Waals surface area contributed by atoms with E-state index in [0.29, 0.717) is 5.92 Å². The number of hydrogen-bond acceptors (Lipinski definition) is 1. The Morgan fingerprint density at radius 2 is 2.15 bits per heavy atom. The highest BCUT2D eigenvalue weighted by Gasteiger charge is 2.23. The SMILES string of the molecule is CC(C)c1cc(C2CCC2)nn1C. The fourth-order valence-corrected chi connectivity index (χ4v) is 1.95. The number of rotatable bonds is 2. The molecule has 1 aromatic heterocycles. The highest BCUT2D eigenvalue weighted by Crippen LogP contribution is 2.36. The van der Waals surface area contributed by atoms with Crippen molar-refractivity contribution < 1.29 is 0 Å². The molecule has 0 atom stereocenters. The molecule has 0 radical (unpaired) electrons. The Morgan fingerprint density at radius 3 is 2.54 bits per heavy atom. The van der Waals surface area contributed by atoms with E-state index in [-0.39, 0.29) is 0 Å². The van der Waals surface area contributed by atoms with Crippen LogP contribution in [0.1, 0.15) is 56.3 Å². The van der Waals surface area contributed by atoms with Gasteiger partial charge in [0.15, 0.2) is 0 Å². The Kier molecular flexibility index (Phi) is 2.14. The summed E-state index contributed by atoms with van der Waals surface area (Å²) >= 11 is 0. The van der Waals surface area contributed by atoms with E-state index in [1.165, 1.54) is 30.7 Å². The van der Waals surface area contributed by atoms with Crippen LogP contribution < -0.4 is 0 Å². The van der Waals surface area contributed by atoms with Gasteiger partial charge in [0.1, 0.15) is 0 Å². The smallest absolute Gasteiger partial charge is 0.0658 e. The van der Waals surface area contributed by atoms with Gasteiger partial charge in [0, 0.05) is 18.7 Å². The average molecular weight is 178 g/mol. The fourth-order valence-electron chi connectivity index (χ4n) is 1.95. The number of nitrogens with zero attached hydrogens (tertiary/aromatic N) is 2. The first kappa shape index (κ1) is 8.79. The fraction of sp³-hybridized carbons (Fsp3) is 0.727. The largest absolute Gasteiger partial charge is 0.272 e. The number of aryl methyl sites for hydroxylation is 1. The molecule has 1 heterocycles. The summed E-state index contributed by atoms with van der Waals surface area (Å²) in [7, 11) is 2.05. The van der Waals surface area contributed by atoms with Crippen LogP contribution in [0.2, 0.25) is 0 Å². The van der Waals surface area contributed by atoms with Gasteiger partial charge in [-0.15, -0.1) is 0 Å². The van der Waals surface area contributed by atoms with Gasteiger partial charge in [-0.2, -0.15) is 5.10 Å². The summed E-state index contributed by atoms with van der Waals surface area (Å²) in [6, 6.07) is 2.29. The van der Waals surface area contributed by atoms with Crippen LogP contribution >= 0.6 is 0 Å². The molecule has 13 heavy (non-hydrogen) atoms. The molecule has 0 N–H and O–H groups in total. The van der Waals surface area contributed by atoms with Gasteiger partial charge in [0.05, 0.1) is 5.69 Å². The monoisotopic (exact) mass is 178 g/mol. The second-order valence-corrected chi connectivity index (χ2v) is 4.40. The van der Waals surface area contributed by atoms with Crippen molar-refractivity contribution in [2.24, 2.45) is 7.05 Å². The summed E-state index contributed by atoms with van der Waals surface area (Å²) < 4.78 is 2.04. The van der Waals surface area contributed by atoms with Gasteiger partial charge in [-0.25, -0.2) is 0 Å². The van der Waals surface area contributed by atoms with E-state index in [9.17, 15) is 0 Å². The van der Waals surface area contributed by atoms with Gasteiger partial charge in [-0.1, -0.05) is 20.3 Å². The minimum Gasteiger partial charge on any atom is -0.272 e. The van der Waals surface area contributed by atoms with Crippen LogP contribution in [-0.2, 0) is 7.05 Å². The lowest BCUT2D eigenvalue weighted by Crippen LogP contribution is -2.09. The molecule has 1 aliphatic rings. The molecular weight excluding hydrogens is 160 g/mol. The zero-order valence-corrected chi connectivity index (χ0v) is 8.75. The Bertz CT molecular complexity index is 295. The Labute approximate surface area is 80.0 Å². The first-order chi connectivity index (χ1) is 6.18. The Morgan fingerprint density at radius 1 is 1.46 bits per heavy atom. The van der Waals surface area contributed by atoms with Crippen LogP contribution in [-0.4, -0.2) is 9.78 Å². The van der Waals surface area contributed by atoms with E-state index < -0.39 is 0 Å². The van der Waals surface area contributed by atoms with Crippen molar-refractivity contribution in [2.75, 3.05) is 0 Å². The number of aromatic nitrogens is 2. The molecule has 72 valence electrons. The molecule has 1 aliphatic carbocycles. The minimum atomic E-state index is 0.589. The molecular formula is C11H18N2. The van der Waals surface area contributed by atoms with E-state index >= 15 is 0 Å². The summed E-state index contributed by atoms with van der Waals surface area (Å²) in [5.74, 6) is 1.35. The molecule has 1 aromatic rings. The predicted octanol–water partition coefficient (Wildman–Crippen LogP) is 2.81. The second kappa shape index (κ2) is 3.17. The van der Waals surface area contributed by atoms with Crippen LogP contribution in [0.25, 0.3) is 0 Å². The molecule has 0 aliphatic heterocycles. The quantitative estimate of drug-likeness (QED) is 0.681. The highest BCUT2D eigenvalue weighted by atomic mass is 15.3. The lowest BCUT2D eigenvalue weighted by atomic mass is 9.83. The highest BCUT2D eigenvalue weighted by molar-refractivity contribution is 5.18. The van der Waals surface area contributed by atoms with Crippen molar-refractivity contribution in [1.82, 2.24) is 9.78 Å². The maximum absolute atomic E-state index is 4.57. The zero-order valence-electron chi connectivity index (χ0n) is 8.75. The van der Waals surface area contributed by atoms with Crippen molar-refractivity contribution in [3.05, 3.63) is 17.5 Å². The Balaban J connectivity index is 2.23. The Hall–Kier alpha value is -0.790. The van der Waals surface area contributed by atoms with Crippen molar-refractivity contribution in [3.8, 4) is 0 Å². The predicted molar refractivity (Wildman–Crippen MR) is 53.9 cm³/mol. The maximum Gasteiger partial charge on any atom is 0.0658 e. The minimum absolute atomic E-state index is 0.589. The third-order valence-corrected chi connectivity index (χ3v) is 3.05.